The highest BCUT2D eigenvalue weighted by molar-refractivity contribution is 5.47. The van der Waals surface area contributed by atoms with Gasteiger partial charge in [-0.2, -0.15) is 0 Å². The molecule has 0 aliphatic heterocycles. The summed E-state index contributed by atoms with van der Waals surface area (Å²) in [5, 5.41) is 3.40. The second kappa shape index (κ2) is 5.61. The van der Waals surface area contributed by atoms with Crippen molar-refractivity contribution in [3.8, 4) is 5.75 Å². The van der Waals surface area contributed by atoms with Gasteiger partial charge >= 0.3 is 0 Å². The monoisotopic (exact) mass is 208 g/mol. The summed E-state index contributed by atoms with van der Waals surface area (Å²) < 4.78 is 5.10. The van der Waals surface area contributed by atoms with E-state index >= 15 is 0 Å². The molecule has 0 saturated heterocycles. The molecule has 0 aliphatic carbocycles. The van der Waals surface area contributed by atoms with E-state index in [2.05, 4.69) is 19.2 Å². The number of hydrogen-bond donors (Lipinski definition) is 2. The van der Waals surface area contributed by atoms with Gasteiger partial charge in [-0.25, -0.2) is 0 Å². The molecule has 1 aromatic rings. The van der Waals surface area contributed by atoms with Crippen LogP contribution in [0.2, 0.25) is 0 Å². The van der Waals surface area contributed by atoms with Gasteiger partial charge in [0.2, 0.25) is 0 Å². The van der Waals surface area contributed by atoms with E-state index in [1.54, 1.807) is 7.11 Å². The number of methoxy groups -OCH3 is 1. The van der Waals surface area contributed by atoms with Crippen molar-refractivity contribution in [1.29, 1.82) is 0 Å². The topological polar surface area (TPSA) is 47.3 Å². The zero-order valence-electron chi connectivity index (χ0n) is 9.66. The van der Waals surface area contributed by atoms with E-state index in [-0.39, 0.29) is 0 Å². The summed E-state index contributed by atoms with van der Waals surface area (Å²) in [7, 11) is 1.67. The Morgan fingerprint density at radius 2 is 1.87 bits per heavy atom. The van der Waals surface area contributed by atoms with Crippen LogP contribution in [0.25, 0.3) is 0 Å². The summed E-state index contributed by atoms with van der Waals surface area (Å²) in [4.78, 5) is 0. The minimum Gasteiger partial charge on any atom is -0.497 e. The summed E-state index contributed by atoms with van der Waals surface area (Å²) in [6, 6.07) is 8.21. The first-order chi connectivity index (χ1) is 7.17. The van der Waals surface area contributed by atoms with Crippen LogP contribution in [0.1, 0.15) is 13.8 Å². The minimum atomic E-state index is 0.318. The van der Waals surface area contributed by atoms with E-state index in [4.69, 9.17) is 10.5 Å². The molecule has 1 rings (SSSR count). The maximum absolute atomic E-state index is 5.69. The quantitative estimate of drug-likeness (QED) is 0.779. The lowest BCUT2D eigenvalue weighted by atomic mass is 10.0. The van der Waals surface area contributed by atoms with Gasteiger partial charge in [-0.05, 0) is 30.2 Å². The van der Waals surface area contributed by atoms with Crippen molar-refractivity contribution in [2.24, 2.45) is 11.7 Å². The Kier molecular flexibility index (Phi) is 4.43. The minimum absolute atomic E-state index is 0.318. The van der Waals surface area contributed by atoms with Crippen LogP contribution in [-0.2, 0) is 0 Å². The van der Waals surface area contributed by atoms with Crippen molar-refractivity contribution < 1.29 is 4.74 Å². The molecule has 1 aromatic carbocycles. The first kappa shape index (κ1) is 11.9. The Morgan fingerprint density at radius 3 is 2.27 bits per heavy atom. The molecule has 0 radical (unpaired) electrons. The van der Waals surface area contributed by atoms with Crippen molar-refractivity contribution in [1.82, 2.24) is 0 Å². The Labute approximate surface area is 91.6 Å². The second-order valence-electron chi connectivity index (χ2n) is 3.96. The first-order valence-corrected chi connectivity index (χ1v) is 5.28. The van der Waals surface area contributed by atoms with Crippen molar-refractivity contribution in [3.05, 3.63) is 24.3 Å². The third-order valence-corrected chi connectivity index (χ3v) is 2.50. The number of hydrogen-bond acceptors (Lipinski definition) is 3. The van der Waals surface area contributed by atoms with Crippen LogP contribution >= 0.6 is 0 Å². The molecule has 0 heterocycles. The van der Waals surface area contributed by atoms with E-state index < -0.39 is 0 Å². The zero-order chi connectivity index (χ0) is 11.3. The second-order valence-corrected chi connectivity index (χ2v) is 3.96. The Balaban J connectivity index is 2.63. The highest BCUT2D eigenvalue weighted by Gasteiger charge is 2.10. The number of benzene rings is 1. The number of anilines is 1. The maximum Gasteiger partial charge on any atom is 0.119 e. The van der Waals surface area contributed by atoms with Crippen LogP contribution in [0.5, 0.6) is 5.75 Å². The van der Waals surface area contributed by atoms with Gasteiger partial charge in [0.25, 0.3) is 0 Å². The standard InChI is InChI=1S/C12H20N2O/c1-9(2)12(8-13)14-10-4-6-11(15-3)7-5-10/h4-7,9,12,14H,8,13H2,1-3H3. The SMILES string of the molecule is COc1ccc(NC(CN)C(C)C)cc1. The molecule has 0 spiro atoms. The fraction of sp³-hybridized carbons (Fsp3) is 0.500. The molecule has 15 heavy (non-hydrogen) atoms. The van der Waals surface area contributed by atoms with Crippen LogP contribution < -0.4 is 15.8 Å². The third-order valence-electron chi connectivity index (χ3n) is 2.50. The molecular formula is C12H20N2O. The van der Waals surface area contributed by atoms with E-state index in [0.29, 0.717) is 18.5 Å². The van der Waals surface area contributed by atoms with E-state index in [9.17, 15) is 0 Å². The molecule has 0 saturated carbocycles. The largest absolute Gasteiger partial charge is 0.497 e. The van der Waals surface area contributed by atoms with Gasteiger partial charge in [0.05, 0.1) is 7.11 Å². The summed E-state index contributed by atoms with van der Waals surface area (Å²) in [6.45, 7) is 4.96. The molecule has 3 heteroatoms. The molecule has 84 valence electrons. The average Bonchev–Trinajstić information content (AvgIpc) is 2.26. The Morgan fingerprint density at radius 1 is 1.27 bits per heavy atom. The van der Waals surface area contributed by atoms with Gasteiger partial charge in [-0.1, -0.05) is 13.8 Å². The molecule has 1 atom stereocenters. The number of nitrogens with two attached hydrogens (primary N) is 1. The van der Waals surface area contributed by atoms with Gasteiger partial charge in [0.15, 0.2) is 0 Å². The smallest absolute Gasteiger partial charge is 0.119 e. The number of rotatable bonds is 5. The van der Waals surface area contributed by atoms with Crippen LogP contribution in [-0.4, -0.2) is 19.7 Å². The van der Waals surface area contributed by atoms with Crippen LogP contribution in [0.4, 0.5) is 5.69 Å². The van der Waals surface area contributed by atoms with Crippen molar-refractivity contribution in [2.75, 3.05) is 19.0 Å². The van der Waals surface area contributed by atoms with E-state index in [1.165, 1.54) is 0 Å². The van der Waals surface area contributed by atoms with Gasteiger partial charge in [0, 0.05) is 18.3 Å². The predicted octanol–water partition coefficient (Wildman–Crippen LogP) is 2.09. The fourth-order valence-electron chi connectivity index (χ4n) is 1.40. The zero-order valence-corrected chi connectivity index (χ0v) is 9.66. The molecule has 0 fully saturated rings. The molecule has 0 amide bonds. The highest BCUT2D eigenvalue weighted by atomic mass is 16.5. The van der Waals surface area contributed by atoms with Gasteiger partial charge < -0.3 is 15.8 Å². The Hall–Kier alpha value is -1.22. The van der Waals surface area contributed by atoms with Crippen LogP contribution in [0.15, 0.2) is 24.3 Å². The Bertz CT molecular complexity index is 282. The lowest BCUT2D eigenvalue weighted by Gasteiger charge is -2.21. The van der Waals surface area contributed by atoms with E-state index in [0.717, 1.165) is 11.4 Å². The molecule has 0 bridgehead atoms. The van der Waals surface area contributed by atoms with Gasteiger partial charge in [-0.3, -0.25) is 0 Å². The lowest BCUT2D eigenvalue weighted by Crippen LogP contribution is -2.33. The third kappa shape index (κ3) is 3.44. The molecule has 3 nitrogen and oxygen atoms in total. The molecule has 0 aromatic heterocycles. The number of nitrogens with one attached hydrogen (secondary N) is 1. The highest BCUT2D eigenvalue weighted by Crippen LogP contribution is 2.17. The fourth-order valence-corrected chi connectivity index (χ4v) is 1.40. The van der Waals surface area contributed by atoms with Crippen LogP contribution in [0.3, 0.4) is 0 Å². The summed E-state index contributed by atoms with van der Waals surface area (Å²) in [5.74, 6) is 1.39. The maximum atomic E-state index is 5.69. The summed E-state index contributed by atoms with van der Waals surface area (Å²) in [6.07, 6.45) is 0. The lowest BCUT2D eigenvalue weighted by molar-refractivity contribution is 0.415. The molecular weight excluding hydrogens is 188 g/mol. The van der Waals surface area contributed by atoms with Gasteiger partial charge in [-0.15, -0.1) is 0 Å². The van der Waals surface area contributed by atoms with Crippen molar-refractivity contribution in [3.63, 3.8) is 0 Å². The summed E-state index contributed by atoms with van der Waals surface area (Å²) in [5.41, 5.74) is 6.77. The van der Waals surface area contributed by atoms with Crippen LogP contribution in [0, 0.1) is 5.92 Å². The average molecular weight is 208 g/mol. The van der Waals surface area contributed by atoms with Crippen molar-refractivity contribution >= 4 is 5.69 Å². The first-order valence-electron chi connectivity index (χ1n) is 5.28. The molecule has 1 unspecified atom stereocenters. The summed E-state index contributed by atoms with van der Waals surface area (Å²) >= 11 is 0. The predicted molar refractivity (Wildman–Crippen MR) is 64.3 cm³/mol. The number of ether oxygens (including phenoxy) is 1. The van der Waals surface area contributed by atoms with E-state index in [1.807, 2.05) is 24.3 Å². The molecule has 0 aliphatic rings. The van der Waals surface area contributed by atoms with Gasteiger partial charge in [0.1, 0.15) is 5.75 Å². The molecule has 3 N–H and O–H groups in total. The van der Waals surface area contributed by atoms with Crippen molar-refractivity contribution in [2.45, 2.75) is 19.9 Å². The normalized spacial score (nSPS) is 12.6.